The first-order valence-corrected chi connectivity index (χ1v) is 6.06. The summed E-state index contributed by atoms with van der Waals surface area (Å²) in [6.07, 6.45) is 3.43. The molecule has 0 aromatic carbocycles. The SMILES string of the molecule is CC1CCC2(CC1C)C(C(=O)O)C2(C)C. The molecule has 2 rings (SSSR count). The van der Waals surface area contributed by atoms with Gasteiger partial charge in [0.05, 0.1) is 5.92 Å². The molecule has 0 bridgehead atoms. The number of aliphatic carboxylic acids is 1. The van der Waals surface area contributed by atoms with Crippen molar-refractivity contribution in [2.24, 2.45) is 28.6 Å². The Morgan fingerprint density at radius 3 is 2.27 bits per heavy atom. The molecule has 0 saturated heterocycles. The molecule has 0 aromatic rings. The van der Waals surface area contributed by atoms with Gasteiger partial charge >= 0.3 is 5.97 Å². The van der Waals surface area contributed by atoms with E-state index in [1.54, 1.807) is 0 Å². The molecule has 1 N–H and O–H groups in total. The minimum absolute atomic E-state index is 0.0211. The van der Waals surface area contributed by atoms with Gasteiger partial charge < -0.3 is 5.11 Å². The molecule has 4 atom stereocenters. The summed E-state index contributed by atoms with van der Waals surface area (Å²) in [5, 5.41) is 9.26. The lowest BCUT2D eigenvalue weighted by Gasteiger charge is -2.34. The van der Waals surface area contributed by atoms with E-state index in [2.05, 4.69) is 27.7 Å². The quantitative estimate of drug-likeness (QED) is 0.721. The smallest absolute Gasteiger partial charge is 0.307 e. The van der Waals surface area contributed by atoms with Crippen molar-refractivity contribution >= 4 is 5.97 Å². The van der Waals surface area contributed by atoms with E-state index in [1.165, 1.54) is 6.42 Å². The van der Waals surface area contributed by atoms with E-state index in [4.69, 9.17) is 0 Å². The van der Waals surface area contributed by atoms with Crippen molar-refractivity contribution in [1.29, 1.82) is 0 Å². The van der Waals surface area contributed by atoms with Crippen LogP contribution in [0.3, 0.4) is 0 Å². The molecule has 0 heterocycles. The average Bonchev–Trinajstić information content (AvgIpc) is 2.56. The van der Waals surface area contributed by atoms with Gasteiger partial charge in [0, 0.05) is 0 Å². The topological polar surface area (TPSA) is 37.3 Å². The van der Waals surface area contributed by atoms with E-state index in [-0.39, 0.29) is 16.7 Å². The molecule has 1 spiro atoms. The highest BCUT2D eigenvalue weighted by Crippen LogP contribution is 2.75. The number of carboxylic acids is 1. The van der Waals surface area contributed by atoms with Gasteiger partial charge in [-0.25, -0.2) is 0 Å². The van der Waals surface area contributed by atoms with Crippen LogP contribution in [0.2, 0.25) is 0 Å². The van der Waals surface area contributed by atoms with Crippen LogP contribution >= 0.6 is 0 Å². The maximum Gasteiger partial charge on any atom is 0.307 e. The maximum absolute atomic E-state index is 11.2. The zero-order valence-electron chi connectivity index (χ0n) is 10.2. The van der Waals surface area contributed by atoms with Gasteiger partial charge in [-0.1, -0.05) is 27.7 Å². The van der Waals surface area contributed by atoms with Gasteiger partial charge in [-0.3, -0.25) is 4.79 Å². The van der Waals surface area contributed by atoms with Gasteiger partial charge in [0.15, 0.2) is 0 Å². The molecule has 2 aliphatic carbocycles. The van der Waals surface area contributed by atoms with E-state index >= 15 is 0 Å². The van der Waals surface area contributed by atoms with Crippen LogP contribution in [0.5, 0.6) is 0 Å². The fraction of sp³-hybridized carbons (Fsp3) is 0.923. The lowest BCUT2D eigenvalue weighted by Crippen LogP contribution is -2.26. The summed E-state index contributed by atoms with van der Waals surface area (Å²) in [5.74, 6) is 0.769. The van der Waals surface area contributed by atoms with Gasteiger partial charge in [0.1, 0.15) is 0 Å². The summed E-state index contributed by atoms with van der Waals surface area (Å²) in [5.41, 5.74) is 0.137. The lowest BCUT2D eigenvalue weighted by molar-refractivity contribution is -0.140. The normalized spacial score (nSPS) is 47.9. The van der Waals surface area contributed by atoms with Gasteiger partial charge in [0.25, 0.3) is 0 Å². The number of rotatable bonds is 1. The molecule has 2 heteroatoms. The van der Waals surface area contributed by atoms with Gasteiger partial charge in [-0.05, 0) is 41.9 Å². The fourth-order valence-corrected chi connectivity index (χ4v) is 3.98. The minimum Gasteiger partial charge on any atom is -0.481 e. The molecule has 0 radical (unpaired) electrons. The van der Waals surface area contributed by atoms with Crippen LogP contribution in [0.4, 0.5) is 0 Å². The predicted octanol–water partition coefficient (Wildman–Crippen LogP) is 3.17. The van der Waals surface area contributed by atoms with E-state index in [0.717, 1.165) is 18.8 Å². The van der Waals surface area contributed by atoms with Crippen LogP contribution in [-0.4, -0.2) is 11.1 Å². The van der Waals surface area contributed by atoms with Crippen molar-refractivity contribution in [3.63, 3.8) is 0 Å². The van der Waals surface area contributed by atoms with Crippen molar-refractivity contribution in [2.75, 3.05) is 0 Å². The fourth-order valence-electron chi connectivity index (χ4n) is 3.98. The molecule has 15 heavy (non-hydrogen) atoms. The average molecular weight is 210 g/mol. The van der Waals surface area contributed by atoms with Crippen LogP contribution in [-0.2, 0) is 4.79 Å². The summed E-state index contributed by atoms with van der Waals surface area (Å²) in [6, 6.07) is 0. The Balaban J connectivity index is 2.20. The van der Waals surface area contributed by atoms with Crippen molar-refractivity contribution in [3.05, 3.63) is 0 Å². The Kier molecular flexibility index (Phi) is 2.19. The van der Waals surface area contributed by atoms with Gasteiger partial charge in [-0.2, -0.15) is 0 Å². The molecule has 0 aromatic heterocycles. The first-order chi connectivity index (χ1) is 6.83. The highest BCUT2D eigenvalue weighted by Gasteiger charge is 2.74. The second-order valence-corrected chi connectivity index (χ2v) is 6.35. The molecule has 2 saturated carbocycles. The monoisotopic (exact) mass is 210 g/mol. The summed E-state index contributed by atoms with van der Waals surface area (Å²) >= 11 is 0. The Bertz CT molecular complexity index is 295. The first-order valence-electron chi connectivity index (χ1n) is 6.06. The third kappa shape index (κ3) is 1.26. The van der Waals surface area contributed by atoms with Crippen LogP contribution < -0.4 is 0 Å². The van der Waals surface area contributed by atoms with E-state index < -0.39 is 5.97 Å². The lowest BCUT2D eigenvalue weighted by atomic mass is 9.70. The molecule has 2 aliphatic rings. The van der Waals surface area contributed by atoms with E-state index in [0.29, 0.717) is 5.92 Å². The van der Waals surface area contributed by atoms with Crippen molar-refractivity contribution in [1.82, 2.24) is 0 Å². The zero-order valence-corrected chi connectivity index (χ0v) is 10.2. The first kappa shape index (κ1) is 11.0. The minimum atomic E-state index is -0.582. The number of hydrogen-bond acceptors (Lipinski definition) is 1. The largest absolute Gasteiger partial charge is 0.481 e. The number of carboxylic acid groups (broad SMARTS) is 1. The molecule has 0 amide bonds. The summed E-state index contributed by atoms with van der Waals surface area (Å²) in [6.45, 7) is 8.84. The summed E-state index contributed by atoms with van der Waals surface area (Å²) in [4.78, 5) is 11.2. The van der Waals surface area contributed by atoms with Crippen LogP contribution in [0.1, 0.15) is 47.0 Å². The highest BCUT2D eigenvalue weighted by molar-refractivity contribution is 5.77. The van der Waals surface area contributed by atoms with E-state index in [9.17, 15) is 9.90 Å². The molecule has 86 valence electrons. The van der Waals surface area contributed by atoms with Crippen LogP contribution in [0, 0.1) is 28.6 Å². The summed E-state index contributed by atoms with van der Waals surface area (Å²) in [7, 11) is 0. The number of hydrogen-bond donors (Lipinski definition) is 1. The molecular formula is C13H22O2. The Labute approximate surface area is 92.1 Å². The van der Waals surface area contributed by atoms with Crippen molar-refractivity contribution in [2.45, 2.75) is 47.0 Å². The van der Waals surface area contributed by atoms with Gasteiger partial charge in [-0.15, -0.1) is 0 Å². The highest BCUT2D eigenvalue weighted by atomic mass is 16.4. The Morgan fingerprint density at radius 1 is 1.27 bits per heavy atom. The third-order valence-corrected chi connectivity index (χ3v) is 5.42. The van der Waals surface area contributed by atoms with Crippen molar-refractivity contribution in [3.8, 4) is 0 Å². The summed E-state index contributed by atoms with van der Waals surface area (Å²) < 4.78 is 0. The second-order valence-electron chi connectivity index (χ2n) is 6.35. The van der Waals surface area contributed by atoms with Crippen molar-refractivity contribution < 1.29 is 9.90 Å². The Hall–Kier alpha value is -0.530. The molecule has 2 fully saturated rings. The third-order valence-electron chi connectivity index (χ3n) is 5.42. The predicted molar refractivity (Wildman–Crippen MR) is 59.5 cm³/mol. The van der Waals surface area contributed by atoms with E-state index in [1.807, 2.05) is 0 Å². The molecule has 0 aliphatic heterocycles. The number of carbonyl (C=O) groups is 1. The van der Waals surface area contributed by atoms with Crippen LogP contribution in [0.25, 0.3) is 0 Å². The molecular weight excluding hydrogens is 188 g/mol. The zero-order chi connectivity index (χ0) is 11.4. The van der Waals surface area contributed by atoms with Crippen LogP contribution in [0.15, 0.2) is 0 Å². The Morgan fingerprint density at radius 2 is 1.87 bits per heavy atom. The second kappa shape index (κ2) is 2.99. The molecule has 2 nitrogen and oxygen atoms in total. The standard InChI is InChI=1S/C13H22O2/c1-8-5-6-13(7-9(8)2)10(11(14)15)12(13,3)4/h8-10H,5-7H2,1-4H3,(H,14,15). The molecule has 4 unspecified atom stereocenters. The maximum atomic E-state index is 11.2. The van der Waals surface area contributed by atoms with Gasteiger partial charge in [0.2, 0.25) is 0 Å².